The van der Waals surface area contributed by atoms with E-state index < -0.39 is 50.6 Å². The van der Waals surface area contributed by atoms with Crippen LogP contribution in [0.1, 0.15) is 30.4 Å². The van der Waals surface area contributed by atoms with Crippen LogP contribution in [-0.4, -0.2) is 90.7 Å². The lowest BCUT2D eigenvalue weighted by Crippen LogP contribution is -2.39. The Bertz CT molecular complexity index is 2520. The Hall–Kier alpha value is -6.09. The van der Waals surface area contributed by atoms with Gasteiger partial charge in [-0.15, -0.1) is 0 Å². The number of phenolic OH excluding ortho intramolecular Hbond substituents is 2. The number of aromatic nitrogens is 2. The van der Waals surface area contributed by atoms with Crippen molar-refractivity contribution in [2.24, 2.45) is 5.92 Å². The third-order valence-electron chi connectivity index (χ3n) is 9.31. The van der Waals surface area contributed by atoms with Gasteiger partial charge in [-0.1, -0.05) is 24.3 Å². The summed E-state index contributed by atoms with van der Waals surface area (Å²) in [6, 6.07) is 15.8. The number of benzene rings is 3. The molecule has 3 aliphatic rings. The Balaban J connectivity index is 0.000000190. The molecule has 0 bridgehead atoms. The molecule has 21 heteroatoms. The van der Waals surface area contributed by atoms with Crippen LogP contribution in [0.2, 0.25) is 0 Å². The highest BCUT2D eigenvalue weighted by Gasteiger charge is 2.36. The van der Waals surface area contributed by atoms with Crippen LogP contribution in [0.15, 0.2) is 70.3 Å². The fourth-order valence-electron chi connectivity index (χ4n) is 6.75. The number of hydrogen-bond acceptors (Lipinski definition) is 11. The highest BCUT2D eigenvalue weighted by molar-refractivity contribution is 7.92. The van der Waals surface area contributed by atoms with E-state index in [1.807, 2.05) is 9.44 Å². The number of aryl methyl sites for hydroxylation is 1. The average molecular weight is 800 g/mol. The fourth-order valence-corrected chi connectivity index (χ4v) is 9.07. The van der Waals surface area contributed by atoms with Gasteiger partial charge in [0.15, 0.2) is 0 Å². The van der Waals surface area contributed by atoms with E-state index in [2.05, 4.69) is 4.98 Å². The van der Waals surface area contributed by atoms with Crippen molar-refractivity contribution in [3.63, 3.8) is 0 Å². The second kappa shape index (κ2) is 15.3. The van der Waals surface area contributed by atoms with Gasteiger partial charge in [0.2, 0.25) is 0 Å². The largest absolute Gasteiger partial charge is 0.506 e. The highest BCUT2D eigenvalue weighted by atomic mass is 32.2. The van der Waals surface area contributed by atoms with Gasteiger partial charge in [0.1, 0.15) is 24.6 Å². The summed E-state index contributed by atoms with van der Waals surface area (Å²) >= 11 is 0. The first-order valence-electron chi connectivity index (χ1n) is 17.0. The van der Waals surface area contributed by atoms with E-state index in [9.17, 15) is 51.0 Å². The number of carboxylic acid groups (broad SMARTS) is 1. The van der Waals surface area contributed by atoms with E-state index >= 15 is 0 Å². The SMILES string of the molecule is O=C1CN(c2ccc(CC3CCCN(C(=O)O)C3)cc2O)S(=O)(=O)N1.O=C1CN(c2ccc(CCCn3c(=O)[nH]c4ccccc4c3=O)cc2O)S(=O)(=O)N1. The van der Waals surface area contributed by atoms with Gasteiger partial charge in [-0.25, -0.2) is 27.6 Å². The van der Waals surface area contributed by atoms with Crippen molar-refractivity contribution in [3.05, 3.63) is 92.6 Å². The molecule has 1 atom stereocenters. The molecular formula is C34H37N7O12S2. The molecule has 1 aromatic heterocycles. The summed E-state index contributed by atoms with van der Waals surface area (Å²) < 4.78 is 54.0. The van der Waals surface area contributed by atoms with Crippen LogP contribution in [0.4, 0.5) is 16.2 Å². The van der Waals surface area contributed by atoms with Crippen LogP contribution in [0.3, 0.4) is 0 Å². The molecule has 3 amide bonds. The van der Waals surface area contributed by atoms with Crippen molar-refractivity contribution in [3.8, 4) is 11.5 Å². The number of H-pyrrole nitrogens is 1. The van der Waals surface area contributed by atoms with Crippen LogP contribution in [0.25, 0.3) is 10.9 Å². The Labute approximate surface area is 313 Å². The molecule has 3 aromatic carbocycles. The van der Waals surface area contributed by atoms with Crippen molar-refractivity contribution in [1.29, 1.82) is 0 Å². The number of para-hydroxylation sites is 1. The maximum absolute atomic E-state index is 12.5. The second-order valence-electron chi connectivity index (χ2n) is 13.2. The number of hydrogen-bond donors (Lipinski definition) is 6. The number of phenols is 2. The molecule has 7 rings (SSSR count). The van der Waals surface area contributed by atoms with Gasteiger partial charge in [-0.05, 0) is 85.5 Å². The van der Waals surface area contributed by atoms with Crippen LogP contribution < -0.4 is 29.3 Å². The zero-order valence-electron chi connectivity index (χ0n) is 29.0. The summed E-state index contributed by atoms with van der Waals surface area (Å²) in [7, 11) is -7.97. The quantitative estimate of drug-likeness (QED) is 0.144. The number of fused-ring (bicyclic) bond motifs is 1. The van der Waals surface area contributed by atoms with Crippen LogP contribution in [0, 0.1) is 5.92 Å². The number of piperidine rings is 1. The zero-order chi connectivity index (χ0) is 39.7. The third-order valence-corrected chi connectivity index (χ3v) is 12.1. The molecule has 0 aliphatic carbocycles. The number of amides is 3. The maximum Gasteiger partial charge on any atom is 0.407 e. The number of likely N-dealkylation sites (tertiary alicyclic amines) is 1. The minimum atomic E-state index is -4.01. The molecule has 6 N–H and O–H groups in total. The van der Waals surface area contributed by atoms with E-state index in [1.54, 1.807) is 36.4 Å². The number of aromatic hydroxyl groups is 2. The molecule has 4 aromatic rings. The van der Waals surface area contributed by atoms with Gasteiger partial charge >= 0.3 is 32.2 Å². The first-order chi connectivity index (χ1) is 26.0. The molecule has 0 saturated carbocycles. The topological polar surface area (TPSA) is 269 Å². The minimum Gasteiger partial charge on any atom is -0.506 e. The van der Waals surface area contributed by atoms with Crippen molar-refractivity contribution in [2.75, 3.05) is 34.8 Å². The van der Waals surface area contributed by atoms with Gasteiger partial charge in [0, 0.05) is 19.6 Å². The summed E-state index contributed by atoms with van der Waals surface area (Å²) in [4.78, 5) is 62.5. The zero-order valence-corrected chi connectivity index (χ0v) is 30.7. The lowest BCUT2D eigenvalue weighted by Gasteiger charge is -2.30. The molecule has 4 heterocycles. The maximum atomic E-state index is 12.5. The first-order valence-corrected chi connectivity index (χ1v) is 19.9. The summed E-state index contributed by atoms with van der Waals surface area (Å²) in [5.41, 5.74) is 1.13. The van der Waals surface area contributed by atoms with E-state index in [1.165, 1.54) is 29.2 Å². The number of rotatable bonds is 8. The monoisotopic (exact) mass is 799 g/mol. The van der Waals surface area contributed by atoms with Gasteiger partial charge in [-0.2, -0.15) is 16.8 Å². The lowest BCUT2D eigenvalue weighted by molar-refractivity contribution is -0.118. The van der Waals surface area contributed by atoms with E-state index in [-0.39, 0.29) is 47.4 Å². The molecule has 292 valence electrons. The molecule has 0 radical (unpaired) electrons. The van der Waals surface area contributed by atoms with Crippen LogP contribution in [-0.2, 0) is 49.4 Å². The molecular weight excluding hydrogens is 763 g/mol. The summed E-state index contributed by atoms with van der Waals surface area (Å²) in [5, 5.41) is 29.9. The minimum absolute atomic E-state index is 0.000655. The van der Waals surface area contributed by atoms with Gasteiger partial charge < -0.3 is 25.2 Å². The fraction of sp³-hybridized carbons (Fsp3) is 0.324. The van der Waals surface area contributed by atoms with Crippen LogP contribution in [0.5, 0.6) is 11.5 Å². The average Bonchev–Trinajstić information content (AvgIpc) is 3.56. The Morgan fingerprint density at radius 3 is 1.95 bits per heavy atom. The van der Waals surface area contributed by atoms with Gasteiger partial charge in [0.25, 0.3) is 17.4 Å². The predicted octanol–water partition coefficient (Wildman–Crippen LogP) is 0.715. The standard InChI is InChI=1S/C19H18N4O6S.C15H19N3O6S/c24-16-10-12(7-8-15(16)23-11-17(25)21-30(23,28)29)4-3-9-22-18(26)13-5-1-2-6-14(13)20-19(22)27;19-13-7-10(6-11-2-1-5-17(8-11)15(21)22)3-4-12(13)18-9-14(20)16-25(18,23)24/h1-2,5-8,10,24H,3-4,9,11H2,(H,20,27)(H,21,25);3-4,7,11,19H,1-2,5-6,8-9H2,(H,16,20)(H,21,22). The van der Waals surface area contributed by atoms with Gasteiger partial charge in [-0.3, -0.25) is 19.0 Å². The Morgan fingerprint density at radius 2 is 1.38 bits per heavy atom. The normalized spacial score (nSPS) is 18.8. The summed E-state index contributed by atoms with van der Waals surface area (Å²) in [6.07, 6.45) is 2.23. The predicted molar refractivity (Wildman–Crippen MR) is 198 cm³/mol. The van der Waals surface area contributed by atoms with Crippen LogP contribution >= 0.6 is 0 Å². The van der Waals surface area contributed by atoms with E-state index in [4.69, 9.17) is 5.11 Å². The molecule has 1 unspecified atom stereocenters. The van der Waals surface area contributed by atoms with E-state index in [0.717, 1.165) is 31.6 Å². The van der Waals surface area contributed by atoms with E-state index in [0.29, 0.717) is 48.8 Å². The van der Waals surface area contributed by atoms with Crippen molar-refractivity contribution >= 4 is 60.6 Å². The van der Waals surface area contributed by atoms with Crippen molar-refractivity contribution in [1.82, 2.24) is 23.9 Å². The van der Waals surface area contributed by atoms with Gasteiger partial charge in [0.05, 0.1) is 22.3 Å². The van der Waals surface area contributed by atoms with Crippen molar-refractivity contribution in [2.45, 2.75) is 38.6 Å². The molecule has 0 spiro atoms. The third kappa shape index (κ3) is 8.51. The van der Waals surface area contributed by atoms with Crippen molar-refractivity contribution < 1.29 is 46.5 Å². The molecule has 3 saturated heterocycles. The summed E-state index contributed by atoms with van der Waals surface area (Å²) in [5.74, 6) is -1.70. The number of anilines is 2. The smallest absolute Gasteiger partial charge is 0.407 e. The Kier molecular flexibility index (Phi) is 10.8. The number of carbonyl (C=O) groups is 3. The molecule has 55 heavy (non-hydrogen) atoms. The highest BCUT2D eigenvalue weighted by Crippen LogP contribution is 2.33. The second-order valence-corrected chi connectivity index (χ2v) is 16.4. The first kappa shape index (κ1) is 38.6. The number of aromatic amines is 1. The number of nitrogens with one attached hydrogen (secondary N) is 3. The molecule has 3 fully saturated rings. The molecule has 19 nitrogen and oxygen atoms in total. The Morgan fingerprint density at radius 1 is 0.800 bits per heavy atom. The number of carbonyl (C=O) groups excluding carboxylic acids is 2. The molecule has 3 aliphatic heterocycles. The lowest BCUT2D eigenvalue weighted by atomic mass is 9.91. The number of nitrogens with zero attached hydrogens (tertiary/aromatic N) is 4. The summed E-state index contributed by atoms with van der Waals surface area (Å²) in [6.45, 7) is 0.384.